The standard InChI is InChI=1S/C14H22N2/c15-13-8-4-5-9-14(13)16-11-10-12-6-2-1-3-7-12/h1-3,6-7,13-14,16H,4-5,8-11,15H2. The van der Waals surface area contributed by atoms with E-state index < -0.39 is 0 Å². The molecular weight excluding hydrogens is 196 g/mol. The summed E-state index contributed by atoms with van der Waals surface area (Å²) in [4.78, 5) is 0. The third-order valence-corrected chi connectivity index (χ3v) is 3.48. The van der Waals surface area contributed by atoms with Gasteiger partial charge in [0.25, 0.3) is 0 Å². The van der Waals surface area contributed by atoms with Crippen LogP contribution in [0, 0.1) is 0 Å². The zero-order valence-corrected chi connectivity index (χ0v) is 9.86. The molecule has 0 aromatic heterocycles. The minimum atomic E-state index is 0.365. The first-order valence-corrected chi connectivity index (χ1v) is 6.39. The van der Waals surface area contributed by atoms with E-state index in [9.17, 15) is 0 Å². The summed E-state index contributed by atoms with van der Waals surface area (Å²) in [7, 11) is 0. The molecule has 1 aromatic rings. The third kappa shape index (κ3) is 3.32. The summed E-state index contributed by atoms with van der Waals surface area (Å²) < 4.78 is 0. The number of hydrogen-bond donors (Lipinski definition) is 2. The zero-order chi connectivity index (χ0) is 11.2. The fourth-order valence-electron chi connectivity index (χ4n) is 2.46. The Hall–Kier alpha value is -0.860. The Kier molecular flexibility index (Phi) is 4.37. The van der Waals surface area contributed by atoms with Gasteiger partial charge in [0.1, 0.15) is 0 Å². The van der Waals surface area contributed by atoms with Gasteiger partial charge in [0.15, 0.2) is 0 Å². The molecular formula is C14H22N2. The molecule has 1 aliphatic carbocycles. The quantitative estimate of drug-likeness (QED) is 0.812. The average Bonchev–Trinajstić information content (AvgIpc) is 2.33. The number of rotatable bonds is 4. The molecule has 0 bridgehead atoms. The Bertz CT molecular complexity index is 297. The highest BCUT2D eigenvalue weighted by Crippen LogP contribution is 2.16. The maximum Gasteiger partial charge on any atom is 0.0219 e. The lowest BCUT2D eigenvalue weighted by molar-refractivity contribution is 0.329. The lowest BCUT2D eigenvalue weighted by atomic mass is 9.91. The van der Waals surface area contributed by atoms with E-state index in [0.717, 1.165) is 13.0 Å². The van der Waals surface area contributed by atoms with Gasteiger partial charge in [-0.15, -0.1) is 0 Å². The maximum atomic E-state index is 6.10. The highest BCUT2D eigenvalue weighted by Gasteiger charge is 2.20. The van der Waals surface area contributed by atoms with E-state index in [4.69, 9.17) is 5.73 Å². The molecule has 3 N–H and O–H groups in total. The summed E-state index contributed by atoms with van der Waals surface area (Å²) in [6.07, 6.45) is 6.16. The largest absolute Gasteiger partial charge is 0.326 e. The minimum Gasteiger partial charge on any atom is -0.326 e. The SMILES string of the molecule is NC1CCCCC1NCCc1ccccc1. The van der Waals surface area contributed by atoms with Crippen molar-refractivity contribution in [2.24, 2.45) is 5.73 Å². The van der Waals surface area contributed by atoms with Crippen LogP contribution >= 0.6 is 0 Å². The van der Waals surface area contributed by atoms with Crippen LogP contribution in [0.15, 0.2) is 30.3 Å². The van der Waals surface area contributed by atoms with Crippen LogP contribution < -0.4 is 11.1 Å². The summed E-state index contributed by atoms with van der Waals surface area (Å²) in [5, 5.41) is 3.59. The highest BCUT2D eigenvalue weighted by molar-refractivity contribution is 5.14. The van der Waals surface area contributed by atoms with E-state index >= 15 is 0 Å². The van der Waals surface area contributed by atoms with Crippen LogP contribution in [-0.2, 0) is 6.42 Å². The van der Waals surface area contributed by atoms with E-state index in [1.165, 1.54) is 31.2 Å². The molecule has 0 saturated heterocycles. The Labute approximate surface area is 98.2 Å². The predicted molar refractivity (Wildman–Crippen MR) is 68.4 cm³/mol. The zero-order valence-electron chi connectivity index (χ0n) is 9.86. The van der Waals surface area contributed by atoms with Gasteiger partial charge in [-0.2, -0.15) is 0 Å². The molecule has 2 rings (SSSR count). The van der Waals surface area contributed by atoms with Gasteiger partial charge < -0.3 is 11.1 Å². The Balaban J connectivity index is 1.71. The van der Waals surface area contributed by atoms with Crippen molar-refractivity contribution >= 4 is 0 Å². The van der Waals surface area contributed by atoms with E-state index in [2.05, 4.69) is 35.6 Å². The molecule has 2 nitrogen and oxygen atoms in total. The smallest absolute Gasteiger partial charge is 0.0219 e. The van der Waals surface area contributed by atoms with E-state index in [0.29, 0.717) is 12.1 Å². The van der Waals surface area contributed by atoms with Crippen LogP contribution in [0.5, 0.6) is 0 Å². The molecule has 2 heteroatoms. The second-order valence-corrected chi connectivity index (χ2v) is 4.74. The highest BCUT2D eigenvalue weighted by atomic mass is 14.9. The van der Waals surface area contributed by atoms with Gasteiger partial charge in [0.2, 0.25) is 0 Å². The van der Waals surface area contributed by atoms with E-state index in [1.807, 2.05) is 0 Å². The molecule has 2 atom stereocenters. The van der Waals surface area contributed by atoms with E-state index in [-0.39, 0.29) is 0 Å². The molecule has 0 radical (unpaired) electrons. The van der Waals surface area contributed by atoms with Crippen molar-refractivity contribution in [3.63, 3.8) is 0 Å². The van der Waals surface area contributed by atoms with Gasteiger partial charge in [0, 0.05) is 12.1 Å². The molecule has 88 valence electrons. The normalized spacial score (nSPS) is 25.6. The van der Waals surface area contributed by atoms with Gasteiger partial charge in [-0.3, -0.25) is 0 Å². The molecule has 0 spiro atoms. The number of nitrogens with one attached hydrogen (secondary N) is 1. The lowest BCUT2D eigenvalue weighted by Gasteiger charge is -2.29. The fourth-order valence-corrected chi connectivity index (χ4v) is 2.46. The lowest BCUT2D eigenvalue weighted by Crippen LogP contribution is -2.47. The summed E-state index contributed by atoms with van der Waals surface area (Å²) in [5.41, 5.74) is 7.50. The van der Waals surface area contributed by atoms with E-state index in [1.54, 1.807) is 0 Å². The third-order valence-electron chi connectivity index (χ3n) is 3.48. The molecule has 1 aliphatic rings. The fraction of sp³-hybridized carbons (Fsp3) is 0.571. The molecule has 1 aromatic carbocycles. The van der Waals surface area contributed by atoms with Crippen molar-refractivity contribution in [2.75, 3.05) is 6.54 Å². The Morgan fingerprint density at radius 1 is 1.12 bits per heavy atom. The van der Waals surface area contributed by atoms with Gasteiger partial charge in [-0.05, 0) is 31.4 Å². The van der Waals surface area contributed by atoms with Crippen LogP contribution in [0.3, 0.4) is 0 Å². The number of benzene rings is 1. The monoisotopic (exact) mass is 218 g/mol. The van der Waals surface area contributed by atoms with Gasteiger partial charge in [-0.25, -0.2) is 0 Å². The van der Waals surface area contributed by atoms with Crippen LogP contribution in [0.4, 0.5) is 0 Å². The van der Waals surface area contributed by atoms with Crippen molar-refractivity contribution in [1.82, 2.24) is 5.32 Å². The van der Waals surface area contributed by atoms with Crippen molar-refractivity contribution < 1.29 is 0 Å². The predicted octanol–water partition coefficient (Wildman–Crippen LogP) is 2.09. The van der Waals surface area contributed by atoms with Crippen molar-refractivity contribution in [3.8, 4) is 0 Å². The molecule has 1 fully saturated rings. The first kappa shape index (κ1) is 11.6. The average molecular weight is 218 g/mol. The van der Waals surface area contributed by atoms with Crippen LogP contribution in [0.2, 0.25) is 0 Å². The second kappa shape index (κ2) is 6.02. The summed E-state index contributed by atoms with van der Waals surface area (Å²) in [6, 6.07) is 11.5. The molecule has 0 amide bonds. The van der Waals surface area contributed by atoms with Crippen molar-refractivity contribution in [3.05, 3.63) is 35.9 Å². The number of nitrogens with two attached hydrogens (primary N) is 1. The summed E-state index contributed by atoms with van der Waals surface area (Å²) >= 11 is 0. The molecule has 2 unspecified atom stereocenters. The molecule has 0 heterocycles. The summed E-state index contributed by atoms with van der Waals surface area (Å²) in [5.74, 6) is 0. The van der Waals surface area contributed by atoms with Crippen LogP contribution in [-0.4, -0.2) is 18.6 Å². The van der Waals surface area contributed by atoms with Crippen molar-refractivity contribution in [2.45, 2.75) is 44.2 Å². The molecule has 1 saturated carbocycles. The summed E-state index contributed by atoms with van der Waals surface area (Å²) in [6.45, 7) is 1.04. The minimum absolute atomic E-state index is 0.365. The second-order valence-electron chi connectivity index (χ2n) is 4.74. The first-order valence-electron chi connectivity index (χ1n) is 6.39. The Morgan fingerprint density at radius 3 is 2.62 bits per heavy atom. The van der Waals surface area contributed by atoms with Crippen LogP contribution in [0.1, 0.15) is 31.2 Å². The molecule has 16 heavy (non-hydrogen) atoms. The van der Waals surface area contributed by atoms with Gasteiger partial charge in [0.05, 0.1) is 0 Å². The first-order chi connectivity index (χ1) is 7.86. The van der Waals surface area contributed by atoms with Crippen molar-refractivity contribution in [1.29, 1.82) is 0 Å². The maximum absolute atomic E-state index is 6.10. The van der Waals surface area contributed by atoms with Crippen LogP contribution in [0.25, 0.3) is 0 Å². The number of hydrogen-bond acceptors (Lipinski definition) is 2. The molecule has 0 aliphatic heterocycles. The topological polar surface area (TPSA) is 38.0 Å². The van der Waals surface area contributed by atoms with Gasteiger partial charge in [-0.1, -0.05) is 43.2 Å². The Morgan fingerprint density at radius 2 is 1.88 bits per heavy atom. The van der Waals surface area contributed by atoms with Gasteiger partial charge >= 0.3 is 0 Å².